The van der Waals surface area contributed by atoms with E-state index in [1.54, 1.807) is 7.11 Å². The zero-order valence-corrected chi connectivity index (χ0v) is 13.1. The Labute approximate surface area is 131 Å². The van der Waals surface area contributed by atoms with Crippen LogP contribution in [0.15, 0.2) is 36.4 Å². The Morgan fingerprint density at radius 3 is 2.27 bits per heavy atom. The Balaban J connectivity index is 1.69. The number of nitrogen functional groups attached to an aromatic ring is 1. The van der Waals surface area contributed by atoms with E-state index in [1.165, 1.54) is 5.69 Å². The van der Waals surface area contributed by atoms with Crippen LogP contribution in [-0.4, -0.2) is 38.3 Å². The molecular formula is C17H22N4O. The lowest BCUT2D eigenvalue weighted by molar-refractivity contribution is 0.413. The van der Waals surface area contributed by atoms with E-state index in [2.05, 4.69) is 26.9 Å². The minimum Gasteiger partial charge on any atom is -0.497 e. The van der Waals surface area contributed by atoms with E-state index in [0.29, 0.717) is 0 Å². The van der Waals surface area contributed by atoms with Crippen molar-refractivity contribution < 1.29 is 4.74 Å². The van der Waals surface area contributed by atoms with Gasteiger partial charge in [0.25, 0.3) is 0 Å². The van der Waals surface area contributed by atoms with Gasteiger partial charge in [-0.15, -0.1) is 0 Å². The van der Waals surface area contributed by atoms with Crippen LogP contribution in [0.3, 0.4) is 0 Å². The fraction of sp³-hybridized carbons (Fsp3) is 0.353. The molecule has 0 radical (unpaired) electrons. The van der Waals surface area contributed by atoms with Crippen molar-refractivity contribution in [1.29, 1.82) is 0 Å². The van der Waals surface area contributed by atoms with Crippen molar-refractivity contribution in [3.8, 4) is 5.75 Å². The molecule has 2 N–H and O–H groups in total. The highest BCUT2D eigenvalue weighted by molar-refractivity contribution is 5.55. The summed E-state index contributed by atoms with van der Waals surface area (Å²) in [6.07, 6.45) is 0. The highest BCUT2D eigenvalue weighted by Crippen LogP contribution is 2.23. The van der Waals surface area contributed by atoms with Gasteiger partial charge in [0.2, 0.25) is 0 Å². The van der Waals surface area contributed by atoms with Gasteiger partial charge < -0.3 is 20.3 Å². The van der Waals surface area contributed by atoms with Crippen LogP contribution in [0.25, 0.3) is 0 Å². The van der Waals surface area contributed by atoms with Crippen LogP contribution < -0.4 is 20.3 Å². The zero-order valence-electron chi connectivity index (χ0n) is 13.1. The molecule has 1 aliphatic heterocycles. The van der Waals surface area contributed by atoms with Gasteiger partial charge in [-0.3, -0.25) is 0 Å². The lowest BCUT2D eigenvalue weighted by atomic mass is 10.2. The number of aryl methyl sites for hydroxylation is 1. The first-order valence-corrected chi connectivity index (χ1v) is 7.54. The molecule has 5 nitrogen and oxygen atoms in total. The van der Waals surface area contributed by atoms with E-state index in [9.17, 15) is 0 Å². The van der Waals surface area contributed by atoms with Crippen molar-refractivity contribution in [2.24, 2.45) is 0 Å². The fourth-order valence-electron chi connectivity index (χ4n) is 2.78. The van der Waals surface area contributed by atoms with Crippen LogP contribution in [0, 0.1) is 6.92 Å². The monoisotopic (exact) mass is 298 g/mol. The molecule has 2 heterocycles. The Kier molecular flexibility index (Phi) is 4.04. The van der Waals surface area contributed by atoms with E-state index in [4.69, 9.17) is 10.5 Å². The van der Waals surface area contributed by atoms with Gasteiger partial charge in [-0.1, -0.05) is 0 Å². The summed E-state index contributed by atoms with van der Waals surface area (Å²) in [6.45, 7) is 5.84. The topological polar surface area (TPSA) is 54.6 Å². The van der Waals surface area contributed by atoms with Gasteiger partial charge in [-0.05, 0) is 31.2 Å². The molecule has 1 aliphatic rings. The van der Waals surface area contributed by atoms with Crippen molar-refractivity contribution >= 4 is 17.2 Å². The van der Waals surface area contributed by atoms with Gasteiger partial charge in [0.05, 0.1) is 7.11 Å². The summed E-state index contributed by atoms with van der Waals surface area (Å²) in [5.74, 6) is 1.86. The van der Waals surface area contributed by atoms with Gasteiger partial charge >= 0.3 is 0 Å². The highest BCUT2D eigenvalue weighted by Gasteiger charge is 2.19. The van der Waals surface area contributed by atoms with Crippen molar-refractivity contribution in [1.82, 2.24) is 4.98 Å². The van der Waals surface area contributed by atoms with E-state index >= 15 is 0 Å². The molecule has 0 bridgehead atoms. The van der Waals surface area contributed by atoms with Crippen molar-refractivity contribution in [3.63, 3.8) is 0 Å². The number of nitrogens with zero attached hydrogens (tertiary/aromatic N) is 3. The summed E-state index contributed by atoms with van der Waals surface area (Å²) >= 11 is 0. The molecule has 0 amide bonds. The Bertz CT molecular complexity index is 634. The van der Waals surface area contributed by atoms with Gasteiger partial charge in [0, 0.05) is 55.4 Å². The van der Waals surface area contributed by atoms with Crippen LogP contribution in [0.2, 0.25) is 0 Å². The van der Waals surface area contributed by atoms with E-state index < -0.39 is 0 Å². The summed E-state index contributed by atoms with van der Waals surface area (Å²) in [5, 5.41) is 0. The first kappa shape index (κ1) is 14.5. The molecule has 1 aromatic heterocycles. The molecule has 5 heteroatoms. The number of benzene rings is 1. The molecule has 0 unspecified atom stereocenters. The fourth-order valence-corrected chi connectivity index (χ4v) is 2.78. The molecule has 3 rings (SSSR count). The third-order valence-corrected chi connectivity index (χ3v) is 4.01. The van der Waals surface area contributed by atoms with Crippen LogP contribution >= 0.6 is 0 Å². The lowest BCUT2D eigenvalue weighted by Gasteiger charge is -2.37. The van der Waals surface area contributed by atoms with Gasteiger partial charge in [0.15, 0.2) is 0 Å². The average molecular weight is 298 g/mol. The number of hydrogen-bond acceptors (Lipinski definition) is 5. The van der Waals surface area contributed by atoms with Crippen LogP contribution in [0.1, 0.15) is 5.69 Å². The minimum absolute atomic E-state index is 0.804. The molecule has 116 valence electrons. The predicted octanol–water partition coefficient (Wildman–Crippen LogP) is 2.31. The summed E-state index contributed by atoms with van der Waals surface area (Å²) in [5.41, 5.74) is 8.76. The predicted molar refractivity (Wildman–Crippen MR) is 90.8 cm³/mol. The number of aromatic nitrogens is 1. The normalized spacial score (nSPS) is 15.0. The third kappa shape index (κ3) is 3.08. The number of pyridine rings is 1. The quantitative estimate of drug-likeness (QED) is 0.881. The molecule has 1 aromatic carbocycles. The van der Waals surface area contributed by atoms with Gasteiger partial charge in [-0.2, -0.15) is 0 Å². The maximum atomic E-state index is 5.75. The molecule has 22 heavy (non-hydrogen) atoms. The van der Waals surface area contributed by atoms with Crippen LogP contribution in [0.4, 0.5) is 17.2 Å². The van der Waals surface area contributed by atoms with E-state index in [1.807, 2.05) is 31.2 Å². The largest absolute Gasteiger partial charge is 0.497 e. The van der Waals surface area contributed by atoms with Crippen molar-refractivity contribution in [2.45, 2.75) is 6.92 Å². The van der Waals surface area contributed by atoms with E-state index in [-0.39, 0.29) is 0 Å². The second-order valence-electron chi connectivity index (χ2n) is 5.57. The van der Waals surface area contributed by atoms with Crippen LogP contribution in [-0.2, 0) is 0 Å². The first-order chi connectivity index (χ1) is 10.7. The molecule has 1 saturated heterocycles. The number of hydrogen-bond donors (Lipinski definition) is 1. The van der Waals surface area contributed by atoms with Crippen LogP contribution in [0.5, 0.6) is 5.75 Å². The van der Waals surface area contributed by atoms with Crippen molar-refractivity contribution in [3.05, 3.63) is 42.1 Å². The van der Waals surface area contributed by atoms with Gasteiger partial charge in [-0.25, -0.2) is 4.98 Å². The molecule has 0 aliphatic carbocycles. The minimum atomic E-state index is 0.804. The second kappa shape index (κ2) is 6.13. The summed E-state index contributed by atoms with van der Waals surface area (Å²) in [7, 11) is 1.69. The number of methoxy groups -OCH3 is 1. The maximum absolute atomic E-state index is 5.75. The van der Waals surface area contributed by atoms with Crippen molar-refractivity contribution in [2.75, 3.05) is 48.8 Å². The average Bonchev–Trinajstić information content (AvgIpc) is 2.55. The number of rotatable bonds is 3. The first-order valence-electron chi connectivity index (χ1n) is 7.54. The molecular weight excluding hydrogens is 276 g/mol. The Hall–Kier alpha value is -2.43. The molecule has 0 atom stereocenters. The molecule has 2 aromatic rings. The Morgan fingerprint density at radius 1 is 1.00 bits per heavy atom. The van der Waals surface area contributed by atoms with Gasteiger partial charge in [0.1, 0.15) is 11.6 Å². The van der Waals surface area contributed by atoms with E-state index in [0.717, 1.165) is 49.1 Å². The highest BCUT2D eigenvalue weighted by atomic mass is 16.5. The summed E-state index contributed by atoms with van der Waals surface area (Å²) in [6, 6.07) is 12.0. The summed E-state index contributed by atoms with van der Waals surface area (Å²) in [4.78, 5) is 9.31. The smallest absolute Gasteiger partial charge is 0.132 e. The number of ether oxygens (including phenoxy) is 1. The Morgan fingerprint density at radius 2 is 1.64 bits per heavy atom. The SMILES string of the molecule is COc1cc(C)nc(N2CCN(c3ccc(N)cc3)CC2)c1. The third-order valence-electron chi connectivity index (χ3n) is 4.01. The molecule has 0 saturated carbocycles. The number of nitrogens with two attached hydrogens (primary N) is 1. The standard InChI is InChI=1S/C17H22N4O/c1-13-11-16(22-2)12-17(19-13)21-9-7-20(8-10-21)15-5-3-14(18)4-6-15/h3-6,11-12H,7-10,18H2,1-2H3. The second-order valence-corrected chi connectivity index (χ2v) is 5.57. The molecule has 0 spiro atoms. The number of piperazine rings is 1. The molecule has 1 fully saturated rings. The zero-order chi connectivity index (χ0) is 15.5. The number of anilines is 3. The summed E-state index contributed by atoms with van der Waals surface area (Å²) < 4.78 is 5.34. The lowest BCUT2D eigenvalue weighted by Crippen LogP contribution is -2.46. The maximum Gasteiger partial charge on any atom is 0.132 e.